The topological polar surface area (TPSA) is 78.1 Å². The van der Waals surface area contributed by atoms with Crippen molar-refractivity contribution in [2.75, 3.05) is 21.3 Å². The molecule has 0 unspecified atom stereocenters. The molecule has 1 heterocycles. The number of aromatic hydroxyl groups is 1. The summed E-state index contributed by atoms with van der Waals surface area (Å²) in [4.78, 5) is 12.3. The van der Waals surface area contributed by atoms with E-state index >= 15 is 0 Å². The predicted molar refractivity (Wildman–Crippen MR) is 73.3 cm³/mol. The standard InChI is InChI=1S/C14H16O6/c1-6-7(2)20-11-8(9(6)15)10(16)12(17-3)14(19-5)13(11)18-4/h16H,1-5H3. The van der Waals surface area contributed by atoms with Gasteiger partial charge in [0.15, 0.2) is 16.8 Å². The number of hydrogen-bond donors (Lipinski definition) is 1. The molecule has 2 rings (SSSR count). The Balaban J connectivity index is 3.13. The molecule has 1 aromatic carbocycles. The molecule has 0 saturated carbocycles. The SMILES string of the molecule is COc1c(OC)c(O)c2c(=O)c(C)c(C)oc2c1OC. The second-order valence-corrected chi connectivity index (χ2v) is 4.26. The van der Waals surface area contributed by atoms with Crippen LogP contribution in [0.1, 0.15) is 11.3 Å². The lowest BCUT2D eigenvalue weighted by Gasteiger charge is -2.16. The van der Waals surface area contributed by atoms with Crippen LogP contribution in [0.2, 0.25) is 0 Å². The molecule has 0 saturated heterocycles. The van der Waals surface area contributed by atoms with Gasteiger partial charge in [0.05, 0.1) is 21.3 Å². The highest BCUT2D eigenvalue weighted by Crippen LogP contribution is 2.49. The highest BCUT2D eigenvalue weighted by Gasteiger charge is 2.26. The van der Waals surface area contributed by atoms with Crippen LogP contribution < -0.4 is 19.6 Å². The number of benzene rings is 1. The van der Waals surface area contributed by atoms with Crippen LogP contribution in [-0.2, 0) is 0 Å². The van der Waals surface area contributed by atoms with Crippen molar-refractivity contribution in [3.8, 4) is 23.0 Å². The molecule has 6 heteroatoms. The molecule has 0 amide bonds. The maximum atomic E-state index is 12.3. The number of ether oxygens (including phenoxy) is 3. The van der Waals surface area contributed by atoms with E-state index < -0.39 is 0 Å². The van der Waals surface area contributed by atoms with E-state index in [-0.39, 0.29) is 39.4 Å². The monoisotopic (exact) mass is 280 g/mol. The maximum Gasteiger partial charge on any atom is 0.211 e. The van der Waals surface area contributed by atoms with Crippen molar-refractivity contribution in [1.29, 1.82) is 0 Å². The normalized spacial score (nSPS) is 10.7. The first-order valence-corrected chi connectivity index (χ1v) is 5.92. The number of phenolic OH excluding ortho intramolecular Hbond substituents is 1. The van der Waals surface area contributed by atoms with Gasteiger partial charge in [0.1, 0.15) is 11.1 Å². The van der Waals surface area contributed by atoms with Crippen molar-refractivity contribution in [2.24, 2.45) is 0 Å². The first-order chi connectivity index (χ1) is 9.47. The highest BCUT2D eigenvalue weighted by molar-refractivity contribution is 5.94. The lowest BCUT2D eigenvalue weighted by atomic mass is 10.1. The second kappa shape index (κ2) is 4.96. The Morgan fingerprint density at radius 3 is 2.00 bits per heavy atom. The molecule has 0 aliphatic rings. The molecule has 0 bridgehead atoms. The molecular formula is C14H16O6. The maximum absolute atomic E-state index is 12.3. The zero-order valence-corrected chi connectivity index (χ0v) is 12.0. The number of rotatable bonds is 3. The Kier molecular flexibility index (Phi) is 3.48. The second-order valence-electron chi connectivity index (χ2n) is 4.26. The van der Waals surface area contributed by atoms with Gasteiger partial charge in [-0.15, -0.1) is 0 Å². The van der Waals surface area contributed by atoms with Gasteiger partial charge in [-0.05, 0) is 13.8 Å². The molecule has 1 N–H and O–H groups in total. The summed E-state index contributed by atoms with van der Waals surface area (Å²) < 4.78 is 21.1. The first kappa shape index (κ1) is 14.0. The predicted octanol–water partition coefficient (Wildman–Crippen LogP) is 2.14. The molecule has 0 aliphatic heterocycles. The quantitative estimate of drug-likeness (QED) is 0.928. The fourth-order valence-corrected chi connectivity index (χ4v) is 2.09. The zero-order valence-electron chi connectivity index (χ0n) is 12.0. The molecular weight excluding hydrogens is 264 g/mol. The molecule has 0 aliphatic carbocycles. The van der Waals surface area contributed by atoms with Gasteiger partial charge >= 0.3 is 0 Å². The van der Waals surface area contributed by atoms with Crippen LogP contribution in [0.4, 0.5) is 0 Å². The number of fused-ring (bicyclic) bond motifs is 1. The zero-order chi connectivity index (χ0) is 15.0. The summed E-state index contributed by atoms with van der Waals surface area (Å²) >= 11 is 0. The van der Waals surface area contributed by atoms with E-state index in [1.165, 1.54) is 21.3 Å². The Hall–Kier alpha value is -2.37. The Bertz CT molecular complexity index is 729. The van der Waals surface area contributed by atoms with Crippen LogP contribution in [-0.4, -0.2) is 26.4 Å². The van der Waals surface area contributed by atoms with E-state index in [2.05, 4.69) is 0 Å². The van der Waals surface area contributed by atoms with Crippen molar-refractivity contribution in [2.45, 2.75) is 13.8 Å². The third-order valence-corrected chi connectivity index (χ3v) is 3.26. The van der Waals surface area contributed by atoms with Gasteiger partial charge in [-0.3, -0.25) is 4.79 Å². The summed E-state index contributed by atoms with van der Waals surface area (Å²) in [5.41, 5.74) is 0.221. The van der Waals surface area contributed by atoms with Crippen molar-refractivity contribution in [3.63, 3.8) is 0 Å². The fourth-order valence-electron chi connectivity index (χ4n) is 2.09. The van der Waals surface area contributed by atoms with E-state index in [0.29, 0.717) is 11.3 Å². The Morgan fingerprint density at radius 2 is 1.50 bits per heavy atom. The molecule has 2 aromatic rings. The molecule has 0 spiro atoms. The van der Waals surface area contributed by atoms with Gasteiger partial charge in [-0.2, -0.15) is 0 Å². The first-order valence-electron chi connectivity index (χ1n) is 5.92. The number of phenols is 1. The summed E-state index contributed by atoms with van der Waals surface area (Å²) in [6, 6.07) is 0. The van der Waals surface area contributed by atoms with Crippen molar-refractivity contribution < 1.29 is 23.7 Å². The summed E-state index contributed by atoms with van der Waals surface area (Å²) in [6.45, 7) is 3.30. The third-order valence-electron chi connectivity index (χ3n) is 3.26. The Labute approximate surface area is 115 Å². The molecule has 108 valence electrons. The largest absolute Gasteiger partial charge is 0.504 e. The van der Waals surface area contributed by atoms with Crippen LogP contribution in [0.15, 0.2) is 9.21 Å². The van der Waals surface area contributed by atoms with Crippen LogP contribution in [0.25, 0.3) is 11.0 Å². The lowest BCUT2D eigenvalue weighted by molar-refractivity contribution is 0.310. The van der Waals surface area contributed by atoms with Crippen molar-refractivity contribution >= 4 is 11.0 Å². The van der Waals surface area contributed by atoms with Gasteiger partial charge in [0, 0.05) is 5.56 Å². The van der Waals surface area contributed by atoms with E-state index in [9.17, 15) is 9.90 Å². The molecule has 1 aromatic heterocycles. The van der Waals surface area contributed by atoms with E-state index in [1.54, 1.807) is 13.8 Å². The van der Waals surface area contributed by atoms with Gasteiger partial charge in [-0.1, -0.05) is 0 Å². The average molecular weight is 280 g/mol. The van der Waals surface area contributed by atoms with E-state index in [0.717, 1.165) is 0 Å². The van der Waals surface area contributed by atoms with Gasteiger partial charge in [0.2, 0.25) is 17.2 Å². The van der Waals surface area contributed by atoms with Crippen LogP contribution >= 0.6 is 0 Å². The van der Waals surface area contributed by atoms with Crippen molar-refractivity contribution in [3.05, 3.63) is 21.5 Å². The van der Waals surface area contributed by atoms with Crippen LogP contribution in [0, 0.1) is 13.8 Å². The molecule has 0 atom stereocenters. The third kappa shape index (κ3) is 1.76. The summed E-state index contributed by atoms with van der Waals surface area (Å²) in [5.74, 6) is 0.542. The molecule has 0 fully saturated rings. The summed E-state index contributed by atoms with van der Waals surface area (Å²) in [5, 5.41) is 10.3. The minimum absolute atomic E-state index is 0.0163. The average Bonchev–Trinajstić information content (AvgIpc) is 2.44. The number of hydrogen-bond acceptors (Lipinski definition) is 6. The summed E-state index contributed by atoms with van der Waals surface area (Å²) in [6.07, 6.45) is 0. The summed E-state index contributed by atoms with van der Waals surface area (Å²) in [7, 11) is 4.19. The smallest absolute Gasteiger partial charge is 0.211 e. The van der Waals surface area contributed by atoms with Crippen molar-refractivity contribution in [1.82, 2.24) is 0 Å². The van der Waals surface area contributed by atoms with Gasteiger partial charge in [0.25, 0.3) is 0 Å². The lowest BCUT2D eigenvalue weighted by Crippen LogP contribution is -2.09. The van der Waals surface area contributed by atoms with E-state index in [1.807, 2.05) is 0 Å². The van der Waals surface area contributed by atoms with Crippen LogP contribution in [0.3, 0.4) is 0 Å². The molecule has 20 heavy (non-hydrogen) atoms. The van der Waals surface area contributed by atoms with Gasteiger partial charge < -0.3 is 23.7 Å². The number of aryl methyl sites for hydroxylation is 1. The fraction of sp³-hybridized carbons (Fsp3) is 0.357. The minimum atomic E-state index is -0.333. The van der Waals surface area contributed by atoms with E-state index in [4.69, 9.17) is 18.6 Å². The van der Waals surface area contributed by atoms with Crippen LogP contribution in [0.5, 0.6) is 23.0 Å². The number of methoxy groups -OCH3 is 3. The van der Waals surface area contributed by atoms with Gasteiger partial charge in [-0.25, -0.2) is 0 Å². The molecule has 0 radical (unpaired) electrons. The Morgan fingerprint density at radius 1 is 0.950 bits per heavy atom. The minimum Gasteiger partial charge on any atom is -0.504 e. The molecule has 6 nitrogen and oxygen atoms in total. The highest BCUT2D eigenvalue weighted by atomic mass is 16.5.